The summed E-state index contributed by atoms with van der Waals surface area (Å²) in [7, 11) is -2.62. The Morgan fingerprint density at radius 1 is 1.20 bits per heavy atom. The van der Waals surface area contributed by atoms with Crippen molar-refractivity contribution in [3.05, 3.63) is 0 Å². The molecule has 0 amide bonds. The lowest BCUT2D eigenvalue weighted by Crippen LogP contribution is -1.54. The van der Waals surface area contributed by atoms with Crippen molar-refractivity contribution < 1.29 is 17.5 Å². The van der Waals surface area contributed by atoms with Crippen LogP contribution in [0.5, 0.6) is 0 Å². The van der Waals surface area contributed by atoms with Crippen molar-refractivity contribution in [2.24, 2.45) is 0 Å². The van der Waals surface area contributed by atoms with Crippen LogP contribution in [-0.2, 0) is 0 Å². The van der Waals surface area contributed by atoms with E-state index in [1.807, 2.05) is 0 Å². The summed E-state index contributed by atoms with van der Waals surface area (Å²) in [5.41, 5.74) is 0. The summed E-state index contributed by atoms with van der Waals surface area (Å²) in [5.74, 6) is 0. The van der Waals surface area contributed by atoms with Crippen LogP contribution in [0, 0.1) is 0 Å². The summed E-state index contributed by atoms with van der Waals surface area (Å²) in [5, 5.41) is 0. The van der Waals surface area contributed by atoms with Crippen LogP contribution in [-0.4, -0.2) is 14.7 Å². The van der Waals surface area contributed by atoms with E-state index in [2.05, 4.69) is 0 Å². The van der Waals surface area contributed by atoms with E-state index in [-0.39, 0.29) is 12.8 Å². The van der Waals surface area contributed by atoms with E-state index in [0.29, 0.717) is 0 Å². The topological polar surface area (TPSA) is 60.7 Å². The van der Waals surface area contributed by atoms with Crippen LogP contribution < -0.4 is 0 Å². The molecule has 0 aliphatic rings. The van der Waals surface area contributed by atoms with E-state index in [9.17, 15) is 0 Å². The summed E-state index contributed by atoms with van der Waals surface area (Å²) in [6.45, 7) is 0. The van der Waals surface area contributed by atoms with Crippen LogP contribution in [0.1, 0.15) is 2.85 Å². The molecule has 0 aromatic rings. The Morgan fingerprint density at radius 2 is 1.20 bits per heavy atom. The Morgan fingerprint density at radius 3 is 1.20 bits per heavy atom. The average molecular weight is 118 g/mol. The fraction of sp³-hybridized carbons (Fsp3) is 0. The molecule has 34 valence electrons. The van der Waals surface area contributed by atoms with Gasteiger partial charge in [0, 0.05) is 0 Å². The first kappa shape index (κ1) is 9.22. The smallest absolute Gasteiger partial charge is 0.328 e. The largest absolute Gasteiger partial charge is 1.00 e. The highest BCUT2D eigenvalue weighted by molar-refractivity contribution is 7.38. The molecule has 0 fully saturated rings. The van der Waals surface area contributed by atoms with Gasteiger partial charge in [-0.1, -0.05) is 0 Å². The third-order valence-electron chi connectivity index (χ3n) is 0. The minimum atomic E-state index is -2.62. The van der Waals surface area contributed by atoms with Crippen molar-refractivity contribution in [1.29, 1.82) is 0 Å². The maximum atomic E-state index is 7.23. The lowest BCUT2D eigenvalue weighted by Gasteiger charge is -1.76. The first-order valence-electron chi connectivity index (χ1n) is 0.600. The van der Waals surface area contributed by atoms with E-state index in [0.717, 1.165) is 0 Å². The maximum absolute atomic E-state index is 7.23. The fourth-order valence-electron chi connectivity index (χ4n) is 0. The van der Waals surface area contributed by atoms with Gasteiger partial charge in [-0.25, -0.2) is 0 Å². The molecule has 0 saturated carbocycles. The van der Waals surface area contributed by atoms with Gasteiger partial charge in [-0.3, -0.25) is 0 Å². The van der Waals surface area contributed by atoms with Crippen molar-refractivity contribution in [2.45, 2.75) is 0 Å². The summed E-state index contributed by atoms with van der Waals surface area (Å²) in [6, 6.07) is 0. The Kier molecular flexibility index (Phi) is 8.74. The zero-order valence-electron chi connectivity index (χ0n) is 4.50. The second kappa shape index (κ2) is 4.74. The third kappa shape index (κ3) is 65.0. The molecule has 0 spiro atoms. The second-order valence-electron chi connectivity index (χ2n) is 0.268. The molecule has 0 aliphatic heterocycles. The highest BCUT2D eigenvalue weighted by atomic mass is 31.2. The molecule has 5 heteroatoms. The first-order chi connectivity index (χ1) is 1.73. The molecule has 0 bridgehead atoms. The highest BCUT2D eigenvalue weighted by Crippen LogP contribution is 2.11. The number of rotatable bonds is 0. The van der Waals surface area contributed by atoms with E-state index in [1.54, 1.807) is 0 Å². The predicted octanol–water partition coefficient (Wildman–Crippen LogP) is -0.527. The highest BCUT2D eigenvalue weighted by Gasteiger charge is 1.76. The van der Waals surface area contributed by atoms with E-state index in [4.69, 9.17) is 14.7 Å². The van der Waals surface area contributed by atoms with Crippen LogP contribution >= 0.6 is 18.5 Å². The molecule has 3 nitrogen and oxygen atoms in total. The number of hydrogen-bond acceptors (Lipinski definition) is 3. The standard InChI is InChI=1S/H3O3P.H3P/c1-4(2)3;/h1-3H;1H3/p+2. The molecule has 0 radical (unpaired) electrons. The summed E-state index contributed by atoms with van der Waals surface area (Å²) in [6.07, 6.45) is 0. The van der Waals surface area contributed by atoms with Crippen LogP contribution in [0.2, 0.25) is 0 Å². The van der Waals surface area contributed by atoms with E-state index >= 15 is 0 Å². The molecule has 1 unspecified atom stereocenters. The van der Waals surface area contributed by atoms with Gasteiger partial charge in [-0.15, -0.1) is 0 Å². The van der Waals surface area contributed by atoms with Crippen LogP contribution in [0.3, 0.4) is 0 Å². The van der Waals surface area contributed by atoms with Gasteiger partial charge in [0.1, 0.15) is 0 Å². The normalized spacial score (nSPS) is 7.20. The van der Waals surface area contributed by atoms with Gasteiger partial charge in [0.25, 0.3) is 0 Å². The minimum Gasteiger partial charge on any atom is -0.328 e. The predicted molar refractivity (Wildman–Crippen MR) is 26.9 cm³/mol. The molecular weight excluding hydrogens is 110 g/mol. The van der Waals surface area contributed by atoms with Crippen molar-refractivity contribution in [1.82, 2.24) is 0 Å². The molecule has 5 heavy (non-hydrogen) atoms. The van der Waals surface area contributed by atoms with Crippen molar-refractivity contribution in [3.8, 4) is 0 Å². The molecule has 0 aromatic carbocycles. The first-order valence-corrected chi connectivity index (χ1v) is 1.80. The van der Waals surface area contributed by atoms with E-state index < -0.39 is 8.60 Å². The van der Waals surface area contributed by atoms with Gasteiger partial charge in [0.05, 0.1) is 0 Å². The zero-order chi connectivity index (χ0) is 3.58. The lowest BCUT2D eigenvalue weighted by atomic mass is 15.8. The molecular formula is H8O3P2+2. The van der Waals surface area contributed by atoms with Gasteiger partial charge >= 0.3 is 11.5 Å². The van der Waals surface area contributed by atoms with Gasteiger partial charge in [-0.2, -0.15) is 9.90 Å². The van der Waals surface area contributed by atoms with Crippen molar-refractivity contribution in [3.63, 3.8) is 0 Å². The quantitative estimate of drug-likeness (QED) is 0.375. The monoisotopic (exact) mass is 118 g/mol. The van der Waals surface area contributed by atoms with Gasteiger partial charge in [0.15, 0.2) is 0 Å². The van der Waals surface area contributed by atoms with Crippen LogP contribution in [0.15, 0.2) is 0 Å². The molecule has 0 heterocycles. The summed E-state index contributed by atoms with van der Waals surface area (Å²) >= 11 is 0. The van der Waals surface area contributed by atoms with Crippen LogP contribution in [0.25, 0.3) is 0 Å². The number of hydrogen-bond donors (Lipinski definition) is 3. The molecule has 3 N–H and O–H groups in total. The fourth-order valence-corrected chi connectivity index (χ4v) is 0. The van der Waals surface area contributed by atoms with Crippen molar-refractivity contribution >= 4 is 18.5 Å². The molecule has 0 saturated heterocycles. The maximum Gasteiger partial charge on any atom is 1.00 e. The minimum absolute atomic E-state index is 0. The second-order valence-corrected chi connectivity index (χ2v) is 0.805. The lowest BCUT2D eigenvalue weighted by molar-refractivity contribution is 0.368. The molecule has 0 aliphatic carbocycles. The molecule has 0 aromatic heterocycles. The Bertz CT molecular complexity index is 15.7. The van der Waals surface area contributed by atoms with Crippen molar-refractivity contribution in [2.75, 3.05) is 0 Å². The SMILES string of the molecule is OP(O)O.P.[H+].[H+]. The Balaban J connectivity index is -0.0000000150. The average Bonchev–Trinajstić information content (AvgIpc) is 0.811. The van der Waals surface area contributed by atoms with E-state index in [1.165, 1.54) is 0 Å². The van der Waals surface area contributed by atoms with Crippen LogP contribution in [0.4, 0.5) is 0 Å². The Hall–Kier alpha value is 0.740. The van der Waals surface area contributed by atoms with Gasteiger partial charge < -0.3 is 14.7 Å². The molecule has 0 rings (SSSR count). The summed E-state index contributed by atoms with van der Waals surface area (Å²) in [4.78, 5) is 21.7. The van der Waals surface area contributed by atoms with Gasteiger partial charge in [-0.05, 0) is 0 Å². The molecule has 1 atom stereocenters. The Labute approximate surface area is 37.2 Å². The third-order valence-corrected chi connectivity index (χ3v) is 0. The zero-order valence-corrected chi connectivity index (χ0v) is 4.80. The summed E-state index contributed by atoms with van der Waals surface area (Å²) < 4.78 is 0. The van der Waals surface area contributed by atoms with Gasteiger partial charge in [0.2, 0.25) is 0 Å².